The summed E-state index contributed by atoms with van der Waals surface area (Å²) >= 11 is 0. The van der Waals surface area contributed by atoms with Crippen molar-refractivity contribution in [2.45, 2.75) is 18.8 Å². The molecule has 1 heterocycles. The number of hydrogen-bond donors (Lipinski definition) is 2. The maximum Gasteiger partial charge on any atom is 0.416 e. The SMILES string of the molecule is CNC(=O)CCNC(=O)/C=C\n1cnc(-c2cc(C(F)(F)F)cc(C(F)(F)F)c2)n1. The standard InChI is InChI=1S/C17H15F6N5O2/c1-24-13(29)2-4-25-14(30)3-5-28-9-26-15(27-28)10-6-11(16(18,19)20)8-12(7-10)17(21,22)23/h3,5-9H,2,4H2,1H3,(H,24,29)(H,25,30)/b5-3-. The van der Waals surface area contributed by atoms with Crippen LogP contribution in [-0.2, 0) is 21.9 Å². The van der Waals surface area contributed by atoms with Gasteiger partial charge in [-0.2, -0.15) is 26.3 Å². The summed E-state index contributed by atoms with van der Waals surface area (Å²) in [5, 5.41) is 8.54. The fourth-order valence-electron chi connectivity index (χ4n) is 2.19. The van der Waals surface area contributed by atoms with Gasteiger partial charge in [-0.1, -0.05) is 0 Å². The number of carbonyl (C=O) groups excluding carboxylic acids is 2. The Labute approximate surface area is 165 Å². The van der Waals surface area contributed by atoms with Crippen LogP contribution in [0.15, 0.2) is 30.6 Å². The summed E-state index contributed by atoms with van der Waals surface area (Å²) in [7, 11) is 1.44. The summed E-state index contributed by atoms with van der Waals surface area (Å²) in [6.07, 6.45) is -6.81. The summed E-state index contributed by atoms with van der Waals surface area (Å²) < 4.78 is 78.6. The molecule has 0 aliphatic carbocycles. The van der Waals surface area contributed by atoms with E-state index in [9.17, 15) is 35.9 Å². The third kappa shape index (κ3) is 6.32. The van der Waals surface area contributed by atoms with Crippen molar-refractivity contribution in [3.63, 3.8) is 0 Å². The summed E-state index contributed by atoms with van der Waals surface area (Å²) in [6.45, 7) is 0.0654. The fourth-order valence-corrected chi connectivity index (χ4v) is 2.19. The number of hydrogen-bond acceptors (Lipinski definition) is 4. The van der Waals surface area contributed by atoms with Gasteiger partial charge in [0.2, 0.25) is 11.8 Å². The minimum absolute atomic E-state index is 0.00351. The van der Waals surface area contributed by atoms with Crippen molar-refractivity contribution < 1.29 is 35.9 Å². The zero-order valence-electron chi connectivity index (χ0n) is 15.3. The fraction of sp³-hybridized carbons (Fsp3) is 0.294. The summed E-state index contributed by atoms with van der Waals surface area (Å²) in [5.41, 5.74) is -3.47. The van der Waals surface area contributed by atoms with Crippen molar-refractivity contribution in [1.29, 1.82) is 0 Å². The normalized spacial score (nSPS) is 12.2. The van der Waals surface area contributed by atoms with Gasteiger partial charge in [-0.05, 0) is 18.2 Å². The number of amides is 2. The Morgan fingerprint density at radius 3 is 2.20 bits per heavy atom. The van der Waals surface area contributed by atoms with E-state index in [1.54, 1.807) is 0 Å². The van der Waals surface area contributed by atoms with Gasteiger partial charge in [0.15, 0.2) is 5.82 Å². The first kappa shape index (κ1) is 22.9. The molecule has 2 aromatic rings. The molecule has 2 rings (SSSR count). The average Bonchev–Trinajstić information content (AvgIpc) is 3.13. The predicted molar refractivity (Wildman–Crippen MR) is 92.5 cm³/mol. The molecule has 0 unspecified atom stereocenters. The first-order valence-electron chi connectivity index (χ1n) is 8.28. The molecule has 7 nitrogen and oxygen atoms in total. The number of alkyl halides is 6. The Hall–Kier alpha value is -3.38. The smallest absolute Gasteiger partial charge is 0.359 e. The quantitative estimate of drug-likeness (QED) is 0.540. The zero-order chi connectivity index (χ0) is 22.5. The van der Waals surface area contributed by atoms with Crippen molar-refractivity contribution in [2.75, 3.05) is 13.6 Å². The molecule has 2 N–H and O–H groups in total. The topological polar surface area (TPSA) is 88.9 Å². The Kier molecular flexibility index (Phi) is 6.84. The number of aromatic nitrogens is 3. The number of rotatable bonds is 6. The van der Waals surface area contributed by atoms with Gasteiger partial charge in [0, 0.05) is 37.9 Å². The third-order valence-corrected chi connectivity index (χ3v) is 3.66. The Bertz CT molecular complexity index is 917. The van der Waals surface area contributed by atoms with Gasteiger partial charge in [0.25, 0.3) is 0 Å². The highest BCUT2D eigenvalue weighted by atomic mass is 19.4. The highest BCUT2D eigenvalue weighted by Crippen LogP contribution is 2.37. The number of nitrogens with zero attached hydrogens (tertiary/aromatic N) is 3. The van der Waals surface area contributed by atoms with Gasteiger partial charge in [-0.3, -0.25) is 9.59 Å². The Morgan fingerprint density at radius 2 is 1.67 bits per heavy atom. The molecule has 0 saturated carbocycles. The van der Waals surface area contributed by atoms with Crippen molar-refractivity contribution in [1.82, 2.24) is 25.4 Å². The second kappa shape index (κ2) is 8.97. The van der Waals surface area contributed by atoms with E-state index >= 15 is 0 Å². The Morgan fingerprint density at radius 1 is 1.07 bits per heavy atom. The largest absolute Gasteiger partial charge is 0.416 e. The van der Waals surface area contributed by atoms with Crippen LogP contribution in [0, 0.1) is 0 Å². The minimum atomic E-state index is -4.99. The van der Waals surface area contributed by atoms with Crippen LogP contribution in [0.25, 0.3) is 17.6 Å². The van der Waals surface area contributed by atoms with E-state index in [1.807, 2.05) is 0 Å². The summed E-state index contributed by atoms with van der Waals surface area (Å²) in [6, 6.07) is 1.01. The highest BCUT2D eigenvalue weighted by molar-refractivity contribution is 5.90. The van der Waals surface area contributed by atoms with Crippen LogP contribution in [0.4, 0.5) is 26.3 Å². The monoisotopic (exact) mass is 435 g/mol. The van der Waals surface area contributed by atoms with E-state index < -0.39 is 40.8 Å². The molecule has 0 aliphatic heterocycles. The van der Waals surface area contributed by atoms with Crippen LogP contribution in [0.2, 0.25) is 0 Å². The zero-order valence-corrected chi connectivity index (χ0v) is 15.3. The van der Waals surface area contributed by atoms with Crippen LogP contribution in [0.3, 0.4) is 0 Å². The summed E-state index contributed by atoms with van der Waals surface area (Å²) in [5.74, 6) is -1.26. The molecular weight excluding hydrogens is 420 g/mol. The van der Waals surface area contributed by atoms with Crippen molar-refractivity contribution >= 4 is 18.0 Å². The molecular formula is C17H15F6N5O2. The molecule has 162 valence electrons. The molecule has 0 atom stereocenters. The van der Waals surface area contributed by atoms with Crippen molar-refractivity contribution in [3.05, 3.63) is 41.7 Å². The maximum absolute atomic E-state index is 12.9. The Balaban J connectivity index is 2.19. The van der Waals surface area contributed by atoms with E-state index in [2.05, 4.69) is 20.7 Å². The molecule has 30 heavy (non-hydrogen) atoms. The number of carbonyl (C=O) groups is 2. The van der Waals surface area contributed by atoms with E-state index in [-0.39, 0.29) is 24.9 Å². The highest BCUT2D eigenvalue weighted by Gasteiger charge is 2.37. The maximum atomic E-state index is 12.9. The molecule has 1 aromatic carbocycles. The van der Waals surface area contributed by atoms with Crippen molar-refractivity contribution in [3.8, 4) is 11.4 Å². The van der Waals surface area contributed by atoms with Crippen LogP contribution < -0.4 is 10.6 Å². The molecule has 0 radical (unpaired) electrons. The second-order valence-corrected chi connectivity index (χ2v) is 5.87. The lowest BCUT2D eigenvalue weighted by Crippen LogP contribution is -2.27. The van der Waals surface area contributed by atoms with Crippen LogP contribution in [-0.4, -0.2) is 40.2 Å². The average molecular weight is 435 g/mol. The van der Waals surface area contributed by atoms with Gasteiger partial charge >= 0.3 is 12.4 Å². The number of halogens is 6. The van der Waals surface area contributed by atoms with Gasteiger partial charge in [-0.25, -0.2) is 9.67 Å². The first-order chi connectivity index (χ1) is 13.9. The van der Waals surface area contributed by atoms with Gasteiger partial charge in [0.1, 0.15) is 6.33 Å². The molecule has 0 aliphatic rings. The van der Waals surface area contributed by atoms with Crippen molar-refractivity contribution in [2.24, 2.45) is 0 Å². The predicted octanol–water partition coefficient (Wildman–Crippen LogP) is 2.71. The lowest BCUT2D eigenvalue weighted by atomic mass is 10.0. The summed E-state index contributed by atoms with van der Waals surface area (Å²) in [4.78, 5) is 26.4. The molecule has 2 amide bonds. The van der Waals surface area contributed by atoms with E-state index in [0.717, 1.165) is 23.3 Å². The van der Waals surface area contributed by atoms with Gasteiger partial charge in [-0.15, -0.1) is 5.10 Å². The molecule has 13 heteroatoms. The van der Waals surface area contributed by atoms with Crippen LogP contribution in [0.1, 0.15) is 17.5 Å². The minimum Gasteiger partial charge on any atom is -0.359 e. The van der Waals surface area contributed by atoms with Gasteiger partial charge in [0.05, 0.1) is 11.1 Å². The number of nitrogens with one attached hydrogen (secondary N) is 2. The number of benzene rings is 1. The van der Waals surface area contributed by atoms with E-state index in [1.165, 1.54) is 7.05 Å². The third-order valence-electron chi connectivity index (χ3n) is 3.66. The molecule has 0 saturated heterocycles. The molecule has 1 aromatic heterocycles. The van der Waals surface area contributed by atoms with Crippen LogP contribution in [0.5, 0.6) is 0 Å². The lowest BCUT2D eigenvalue weighted by Gasteiger charge is -2.13. The second-order valence-electron chi connectivity index (χ2n) is 5.87. The lowest BCUT2D eigenvalue weighted by molar-refractivity contribution is -0.143. The first-order valence-corrected chi connectivity index (χ1v) is 8.28. The molecule has 0 spiro atoms. The molecule has 0 bridgehead atoms. The molecule has 0 fully saturated rings. The van der Waals surface area contributed by atoms with E-state index in [4.69, 9.17) is 0 Å². The van der Waals surface area contributed by atoms with Gasteiger partial charge < -0.3 is 10.6 Å². The van der Waals surface area contributed by atoms with Crippen LogP contribution >= 0.6 is 0 Å². The van der Waals surface area contributed by atoms with E-state index in [0.29, 0.717) is 12.1 Å².